The minimum atomic E-state index is -1.13. The van der Waals surface area contributed by atoms with Crippen molar-refractivity contribution in [2.45, 2.75) is 20.4 Å². The molecule has 0 amide bonds. The monoisotopic (exact) mass is 337 g/mol. The van der Waals surface area contributed by atoms with Crippen LogP contribution < -0.4 is 5.56 Å². The van der Waals surface area contributed by atoms with E-state index in [2.05, 4.69) is 15.2 Å². The average molecular weight is 337 g/mol. The van der Waals surface area contributed by atoms with Crippen molar-refractivity contribution in [3.05, 3.63) is 52.1 Å². The van der Waals surface area contributed by atoms with E-state index in [-0.39, 0.29) is 22.5 Å². The molecule has 0 atom stereocenters. The van der Waals surface area contributed by atoms with Gasteiger partial charge in [-0.2, -0.15) is 14.7 Å². The number of aryl methyl sites for hydroxylation is 2. The van der Waals surface area contributed by atoms with Crippen LogP contribution >= 0.6 is 0 Å². The summed E-state index contributed by atoms with van der Waals surface area (Å²) in [6.07, 6.45) is 1.77. The Kier molecular flexibility index (Phi) is 3.21. The van der Waals surface area contributed by atoms with Gasteiger partial charge in [0.25, 0.3) is 5.56 Å². The molecule has 0 radical (unpaired) electrons. The molecular formula is C17H15N5O3. The van der Waals surface area contributed by atoms with Crippen LogP contribution in [-0.4, -0.2) is 35.5 Å². The lowest BCUT2D eigenvalue weighted by atomic mass is 10.1. The summed E-state index contributed by atoms with van der Waals surface area (Å²) in [5.74, 6) is -1.13. The SMILES string of the molecule is CCn1ncc2cc(-c3cc(=O)n4nc(C)c(C(=O)O)c4[nH]3)ccc21. The Balaban J connectivity index is 1.96. The van der Waals surface area contributed by atoms with E-state index in [0.717, 1.165) is 27.5 Å². The van der Waals surface area contributed by atoms with E-state index in [4.69, 9.17) is 0 Å². The number of rotatable bonds is 3. The Bertz CT molecular complexity index is 1200. The number of benzene rings is 1. The molecule has 0 spiro atoms. The Morgan fingerprint density at radius 1 is 1.32 bits per heavy atom. The van der Waals surface area contributed by atoms with Crippen molar-refractivity contribution >= 4 is 22.5 Å². The van der Waals surface area contributed by atoms with Gasteiger partial charge in [-0.15, -0.1) is 0 Å². The minimum Gasteiger partial charge on any atom is -0.477 e. The van der Waals surface area contributed by atoms with Crippen LogP contribution in [0.4, 0.5) is 0 Å². The van der Waals surface area contributed by atoms with Crippen LogP contribution in [0.25, 0.3) is 27.8 Å². The third kappa shape index (κ3) is 2.22. The number of H-pyrrole nitrogens is 1. The van der Waals surface area contributed by atoms with Crippen molar-refractivity contribution in [1.29, 1.82) is 0 Å². The van der Waals surface area contributed by atoms with Gasteiger partial charge >= 0.3 is 5.97 Å². The van der Waals surface area contributed by atoms with Gasteiger partial charge in [-0.05, 0) is 31.5 Å². The first-order valence-electron chi connectivity index (χ1n) is 7.81. The normalized spacial score (nSPS) is 11.4. The quantitative estimate of drug-likeness (QED) is 0.595. The first-order chi connectivity index (χ1) is 12.0. The number of aromatic carboxylic acids is 1. The van der Waals surface area contributed by atoms with E-state index < -0.39 is 5.97 Å². The molecular weight excluding hydrogens is 322 g/mol. The van der Waals surface area contributed by atoms with Crippen LogP contribution in [0.3, 0.4) is 0 Å². The molecule has 0 saturated carbocycles. The summed E-state index contributed by atoms with van der Waals surface area (Å²) in [6.45, 7) is 4.35. The second-order valence-electron chi connectivity index (χ2n) is 5.78. The molecule has 3 heterocycles. The molecule has 0 aliphatic rings. The van der Waals surface area contributed by atoms with Crippen molar-refractivity contribution in [2.75, 3.05) is 0 Å². The number of carboxylic acid groups (broad SMARTS) is 1. The molecule has 126 valence electrons. The lowest BCUT2D eigenvalue weighted by molar-refractivity contribution is 0.0698. The van der Waals surface area contributed by atoms with Crippen LogP contribution in [0.2, 0.25) is 0 Å². The fraction of sp³-hybridized carbons (Fsp3) is 0.176. The Morgan fingerprint density at radius 3 is 2.84 bits per heavy atom. The summed E-state index contributed by atoms with van der Waals surface area (Å²) in [5.41, 5.74) is 2.39. The van der Waals surface area contributed by atoms with Crippen molar-refractivity contribution in [2.24, 2.45) is 0 Å². The van der Waals surface area contributed by atoms with Gasteiger partial charge in [-0.25, -0.2) is 4.79 Å². The summed E-state index contributed by atoms with van der Waals surface area (Å²) < 4.78 is 2.96. The fourth-order valence-electron chi connectivity index (χ4n) is 3.07. The van der Waals surface area contributed by atoms with Gasteiger partial charge < -0.3 is 10.1 Å². The number of carbonyl (C=O) groups is 1. The molecule has 25 heavy (non-hydrogen) atoms. The molecule has 8 nitrogen and oxygen atoms in total. The molecule has 0 bridgehead atoms. The van der Waals surface area contributed by atoms with Gasteiger partial charge in [-0.1, -0.05) is 6.07 Å². The highest BCUT2D eigenvalue weighted by molar-refractivity contribution is 5.96. The van der Waals surface area contributed by atoms with E-state index >= 15 is 0 Å². The maximum absolute atomic E-state index is 12.3. The Labute approximate surface area is 141 Å². The van der Waals surface area contributed by atoms with Crippen molar-refractivity contribution in [3.63, 3.8) is 0 Å². The van der Waals surface area contributed by atoms with Gasteiger partial charge in [0.2, 0.25) is 0 Å². The standard InChI is InChI=1S/C17H15N5O3/c1-3-21-13-5-4-10(6-11(13)8-18-21)12-7-14(23)22-16(19-12)15(17(24)25)9(2)20-22/h4-8,19H,3H2,1-2H3,(H,24,25). The first-order valence-corrected chi connectivity index (χ1v) is 7.81. The molecule has 0 saturated heterocycles. The zero-order chi connectivity index (χ0) is 17.7. The second-order valence-corrected chi connectivity index (χ2v) is 5.78. The minimum absolute atomic E-state index is 0.00108. The number of aromatic nitrogens is 5. The van der Waals surface area contributed by atoms with E-state index in [1.54, 1.807) is 13.1 Å². The maximum atomic E-state index is 12.3. The van der Waals surface area contributed by atoms with Crippen LogP contribution in [0, 0.1) is 6.92 Å². The number of hydrogen-bond donors (Lipinski definition) is 2. The van der Waals surface area contributed by atoms with Gasteiger partial charge in [0.15, 0.2) is 5.65 Å². The molecule has 4 rings (SSSR count). The summed E-state index contributed by atoms with van der Waals surface area (Å²) in [5, 5.41) is 18.7. The number of aromatic amines is 1. The number of carboxylic acids is 1. The average Bonchev–Trinajstić information content (AvgIpc) is 3.14. The topological polar surface area (TPSA) is 105 Å². The van der Waals surface area contributed by atoms with Crippen molar-refractivity contribution in [3.8, 4) is 11.3 Å². The zero-order valence-corrected chi connectivity index (χ0v) is 13.6. The summed E-state index contributed by atoms with van der Waals surface area (Å²) in [4.78, 5) is 26.9. The van der Waals surface area contributed by atoms with Gasteiger partial charge in [0, 0.05) is 18.0 Å². The van der Waals surface area contributed by atoms with E-state index in [1.165, 1.54) is 6.07 Å². The van der Waals surface area contributed by atoms with Crippen LogP contribution in [-0.2, 0) is 6.54 Å². The molecule has 8 heteroatoms. The number of fused-ring (bicyclic) bond motifs is 2. The summed E-state index contributed by atoms with van der Waals surface area (Å²) in [6, 6.07) is 7.14. The zero-order valence-electron chi connectivity index (χ0n) is 13.6. The number of nitrogens with zero attached hydrogens (tertiary/aromatic N) is 4. The third-order valence-electron chi connectivity index (χ3n) is 4.26. The van der Waals surface area contributed by atoms with E-state index in [1.807, 2.05) is 29.8 Å². The fourth-order valence-corrected chi connectivity index (χ4v) is 3.07. The third-order valence-corrected chi connectivity index (χ3v) is 4.26. The molecule has 2 N–H and O–H groups in total. The summed E-state index contributed by atoms with van der Waals surface area (Å²) in [7, 11) is 0. The van der Waals surface area contributed by atoms with Gasteiger partial charge in [0.05, 0.1) is 23.1 Å². The second kappa shape index (κ2) is 5.30. The lowest BCUT2D eigenvalue weighted by Gasteiger charge is -2.05. The molecule has 0 aliphatic heterocycles. The van der Waals surface area contributed by atoms with Crippen LogP contribution in [0.1, 0.15) is 23.0 Å². The van der Waals surface area contributed by atoms with Crippen molar-refractivity contribution in [1.82, 2.24) is 24.4 Å². The van der Waals surface area contributed by atoms with E-state index in [9.17, 15) is 14.7 Å². The van der Waals surface area contributed by atoms with Gasteiger partial charge in [0.1, 0.15) is 5.56 Å². The molecule has 1 aromatic carbocycles. The number of nitrogens with one attached hydrogen (secondary N) is 1. The van der Waals surface area contributed by atoms with Gasteiger partial charge in [-0.3, -0.25) is 9.48 Å². The maximum Gasteiger partial charge on any atom is 0.341 e. The largest absolute Gasteiger partial charge is 0.477 e. The molecule has 0 aliphatic carbocycles. The first kappa shape index (κ1) is 15.1. The molecule has 0 unspecified atom stereocenters. The number of hydrogen-bond acceptors (Lipinski definition) is 4. The molecule has 4 aromatic rings. The lowest BCUT2D eigenvalue weighted by Crippen LogP contribution is -2.15. The van der Waals surface area contributed by atoms with Crippen LogP contribution in [0.5, 0.6) is 0 Å². The predicted molar refractivity (Wildman–Crippen MR) is 91.9 cm³/mol. The Morgan fingerprint density at radius 2 is 2.12 bits per heavy atom. The highest BCUT2D eigenvalue weighted by atomic mass is 16.4. The molecule has 0 fully saturated rings. The molecule has 3 aromatic heterocycles. The highest BCUT2D eigenvalue weighted by Crippen LogP contribution is 2.23. The summed E-state index contributed by atoms with van der Waals surface area (Å²) >= 11 is 0. The van der Waals surface area contributed by atoms with Crippen molar-refractivity contribution < 1.29 is 9.90 Å². The highest BCUT2D eigenvalue weighted by Gasteiger charge is 2.19. The Hall–Kier alpha value is -3.42. The van der Waals surface area contributed by atoms with Crippen LogP contribution in [0.15, 0.2) is 35.3 Å². The predicted octanol–water partition coefficient (Wildman–Crippen LogP) is 2.07. The van der Waals surface area contributed by atoms with E-state index in [0.29, 0.717) is 5.69 Å². The smallest absolute Gasteiger partial charge is 0.341 e.